The number of hydrogen-bond donors (Lipinski definition) is 2. The lowest BCUT2D eigenvalue weighted by atomic mass is 9.91. The molecule has 2 aromatic heterocycles. The average molecular weight is 436 g/mol. The summed E-state index contributed by atoms with van der Waals surface area (Å²) in [7, 11) is 1.89. The van der Waals surface area contributed by atoms with Gasteiger partial charge in [0.2, 0.25) is 0 Å². The normalized spacial score (nSPS) is 13.5. The molecule has 0 radical (unpaired) electrons. The van der Waals surface area contributed by atoms with Crippen LogP contribution in [0.15, 0.2) is 54.1 Å². The Morgan fingerprint density at radius 3 is 2.40 bits per heavy atom. The minimum Gasteiger partial charge on any atom is -0.505 e. The van der Waals surface area contributed by atoms with Crippen LogP contribution in [0.3, 0.4) is 0 Å². The van der Waals surface area contributed by atoms with Gasteiger partial charge in [-0.3, -0.25) is 4.68 Å². The fraction of sp³-hybridized carbons (Fsp3) is 0.381. The van der Waals surface area contributed by atoms with Gasteiger partial charge in [-0.25, -0.2) is 18.7 Å². The molecule has 6 nitrogen and oxygen atoms in total. The molecule has 1 aliphatic rings. The van der Waals surface area contributed by atoms with Crippen LogP contribution in [-0.4, -0.2) is 24.9 Å². The van der Waals surface area contributed by atoms with Crippen LogP contribution >= 0.6 is 11.9 Å². The SMILES string of the molecule is CC1CCCCC1.Cn1cccn1.Oc1cc(F)c(SNc2ccncn2)cc1F. The van der Waals surface area contributed by atoms with Gasteiger partial charge in [-0.1, -0.05) is 39.0 Å². The molecule has 1 fully saturated rings. The molecule has 2 heterocycles. The van der Waals surface area contributed by atoms with Crippen molar-refractivity contribution in [2.24, 2.45) is 13.0 Å². The number of anilines is 1. The Morgan fingerprint density at radius 2 is 1.90 bits per heavy atom. The lowest BCUT2D eigenvalue weighted by Gasteiger charge is -2.15. The molecule has 0 aliphatic heterocycles. The standard InChI is InChI=1S/C10H7F2N3OS.C7H14.C4H6N2/c11-6-4-9(7(12)3-8(6)16)17-15-10-1-2-13-5-14-10;1-7-5-3-2-4-6-7;1-6-4-2-3-5-6/h1-5,16H,(H,13,14,15);7H,2-6H2,1H3;2-4H,1H3. The van der Waals surface area contributed by atoms with Crippen molar-refractivity contribution in [3.05, 3.63) is 60.8 Å². The molecule has 0 amide bonds. The summed E-state index contributed by atoms with van der Waals surface area (Å²) in [4.78, 5) is 7.60. The first-order valence-electron chi connectivity index (χ1n) is 9.76. The number of aromatic nitrogens is 4. The Bertz CT molecular complexity index is 859. The number of hydrogen-bond acceptors (Lipinski definition) is 6. The van der Waals surface area contributed by atoms with Gasteiger partial charge >= 0.3 is 0 Å². The second kappa shape index (κ2) is 12.8. The van der Waals surface area contributed by atoms with E-state index in [0.717, 1.165) is 30.0 Å². The summed E-state index contributed by atoms with van der Waals surface area (Å²) in [5, 5.41) is 12.8. The predicted octanol–water partition coefficient (Wildman–Crippen LogP) is 5.59. The molecule has 0 saturated heterocycles. The molecule has 0 atom stereocenters. The first-order chi connectivity index (χ1) is 14.5. The highest BCUT2D eigenvalue weighted by atomic mass is 32.2. The van der Waals surface area contributed by atoms with Crippen LogP contribution in [0.1, 0.15) is 39.0 Å². The smallest absolute Gasteiger partial charge is 0.166 e. The minimum absolute atomic E-state index is 0.0268. The fourth-order valence-corrected chi connectivity index (χ4v) is 3.36. The highest BCUT2D eigenvalue weighted by Crippen LogP contribution is 2.28. The Morgan fingerprint density at radius 1 is 1.13 bits per heavy atom. The number of halogens is 2. The Balaban J connectivity index is 0.000000200. The first kappa shape index (κ1) is 23.6. The van der Waals surface area contributed by atoms with Crippen LogP contribution in [0, 0.1) is 17.6 Å². The van der Waals surface area contributed by atoms with Crippen LogP contribution in [0.25, 0.3) is 0 Å². The van der Waals surface area contributed by atoms with Crippen molar-refractivity contribution in [1.29, 1.82) is 0 Å². The van der Waals surface area contributed by atoms with E-state index in [1.54, 1.807) is 16.9 Å². The van der Waals surface area contributed by atoms with Crippen molar-refractivity contribution < 1.29 is 13.9 Å². The maximum Gasteiger partial charge on any atom is 0.166 e. The van der Waals surface area contributed by atoms with E-state index in [-0.39, 0.29) is 4.90 Å². The summed E-state index contributed by atoms with van der Waals surface area (Å²) < 4.78 is 30.8. The zero-order chi connectivity index (χ0) is 21.8. The van der Waals surface area contributed by atoms with Gasteiger partial charge in [-0.05, 0) is 36.1 Å². The molecule has 1 aromatic carbocycles. The third kappa shape index (κ3) is 8.77. The minimum atomic E-state index is -0.876. The molecule has 1 aliphatic carbocycles. The summed E-state index contributed by atoms with van der Waals surface area (Å²) in [5.74, 6) is -0.797. The quantitative estimate of drug-likeness (QED) is 0.523. The molecule has 1 saturated carbocycles. The third-order valence-corrected chi connectivity index (χ3v) is 5.22. The van der Waals surface area contributed by atoms with Crippen molar-refractivity contribution in [3.63, 3.8) is 0 Å². The second-order valence-corrected chi connectivity index (χ2v) is 7.80. The van der Waals surface area contributed by atoms with E-state index in [9.17, 15) is 8.78 Å². The number of aromatic hydroxyl groups is 1. The molecule has 0 spiro atoms. The topological polar surface area (TPSA) is 75.9 Å². The maximum atomic E-state index is 13.3. The van der Waals surface area contributed by atoms with Crippen molar-refractivity contribution in [1.82, 2.24) is 19.7 Å². The number of phenols is 1. The van der Waals surface area contributed by atoms with Gasteiger partial charge < -0.3 is 9.83 Å². The van der Waals surface area contributed by atoms with Crippen LogP contribution in [0.4, 0.5) is 14.6 Å². The lowest BCUT2D eigenvalue weighted by Crippen LogP contribution is -1.99. The van der Waals surface area contributed by atoms with Gasteiger partial charge in [-0.2, -0.15) is 5.10 Å². The van der Waals surface area contributed by atoms with Crippen LogP contribution in [-0.2, 0) is 7.05 Å². The van der Waals surface area contributed by atoms with E-state index in [1.807, 2.05) is 19.3 Å². The zero-order valence-electron chi connectivity index (χ0n) is 17.1. The molecule has 0 bridgehead atoms. The van der Waals surface area contributed by atoms with Gasteiger partial charge in [0.15, 0.2) is 11.6 Å². The number of nitrogens with one attached hydrogen (secondary N) is 1. The van der Waals surface area contributed by atoms with Gasteiger partial charge in [0, 0.05) is 31.7 Å². The summed E-state index contributed by atoms with van der Waals surface area (Å²) in [5.41, 5.74) is 0. The molecule has 2 N–H and O–H groups in total. The highest BCUT2D eigenvalue weighted by Gasteiger charge is 2.10. The van der Waals surface area contributed by atoms with Crippen molar-refractivity contribution in [2.45, 2.75) is 43.9 Å². The Labute approximate surface area is 179 Å². The molecule has 0 unspecified atom stereocenters. The average Bonchev–Trinajstić information content (AvgIpc) is 3.23. The molecule has 9 heteroatoms. The summed E-state index contributed by atoms with van der Waals surface area (Å²) in [6.45, 7) is 2.36. The molecule has 3 aromatic rings. The summed E-state index contributed by atoms with van der Waals surface area (Å²) in [6.07, 6.45) is 13.9. The summed E-state index contributed by atoms with van der Waals surface area (Å²) in [6, 6.07) is 5.10. The van der Waals surface area contributed by atoms with Crippen molar-refractivity contribution in [3.8, 4) is 5.75 Å². The second-order valence-electron chi connectivity index (χ2n) is 6.96. The monoisotopic (exact) mass is 435 g/mol. The van der Waals surface area contributed by atoms with Crippen LogP contribution in [0.2, 0.25) is 0 Å². The number of benzene rings is 1. The van der Waals surface area contributed by atoms with Gasteiger partial charge in [0.05, 0.1) is 4.90 Å². The van der Waals surface area contributed by atoms with Gasteiger partial charge in [0.25, 0.3) is 0 Å². The molecule has 4 rings (SSSR count). The van der Waals surface area contributed by atoms with E-state index in [2.05, 4.69) is 26.7 Å². The number of nitrogens with zero attached hydrogens (tertiary/aromatic N) is 4. The van der Waals surface area contributed by atoms with Crippen molar-refractivity contribution in [2.75, 3.05) is 4.72 Å². The van der Waals surface area contributed by atoms with Gasteiger partial charge in [0.1, 0.15) is 18.0 Å². The molecular weight excluding hydrogens is 408 g/mol. The van der Waals surface area contributed by atoms with E-state index in [4.69, 9.17) is 5.11 Å². The lowest BCUT2D eigenvalue weighted by molar-refractivity contribution is 0.385. The first-order valence-corrected chi connectivity index (χ1v) is 10.6. The Hall–Kier alpha value is -2.68. The van der Waals surface area contributed by atoms with Gasteiger partial charge in [-0.15, -0.1) is 0 Å². The number of rotatable bonds is 3. The van der Waals surface area contributed by atoms with Crippen LogP contribution < -0.4 is 4.72 Å². The Kier molecular flexibility index (Phi) is 10.1. The number of aryl methyl sites for hydroxylation is 1. The van der Waals surface area contributed by atoms with Crippen molar-refractivity contribution >= 4 is 17.8 Å². The third-order valence-electron chi connectivity index (χ3n) is 4.38. The molecular formula is C21H27F2N5OS. The van der Waals surface area contributed by atoms with Crippen LogP contribution in [0.5, 0.6) is 5.75 Å². The predicted molar refractivity (Wildman–Crippen MR) is 115 cm³/mol. The maximum absolute atomic E-state index is 13.3. The number of phenolic OH excluding ortho intramolecular Hbond substituents is 1. The van der Waals surface area contributed by atoms with E-state index in [1.165, 1.54) is 44.6 Å². The van der Waals surface area contributed by atoms with E-state index >= 15 is 0 Å². The largest absolute Gasteiger partial charge is 0.505 e. The van der Waals surface area contributed by atoms with E-state index in [0.29, 0.717) is 5.82 Å². The molecule has 162 valence electrons. The summed E-state index contributed by atoms with van der Waals surface area (Å²) >= 11 is 0.857. The fourth-order valence-electron chi connectivity index (χ4n) is 2.71. The highest BCUT2D eigenvalue weighted by molar-refractivity contribution is 8.00. The zero-order valence-corrected chi connectivity index (χ0v) is 17.9. The van der Waals surface area contributed by atoms with E-state index < -0.39 is 17.4 Å². The molecule has 30 heavy (non-hydrogen) atoms.